The van der Waals surface area contributed by atoms with Crippen molar-refractivity contribution in [3.63, 3.8) is 0 Å². The van der Waals surface area contributed by atoms with Crippen LogP contribution < -0.4 is 0 Å². The Hall–Kier alpha value is -1.22. The first kappa shape index (κ1) is 9.34. The molecule has 0 spiro atoms. The zero-order chi connectivity index (χ0) is 10.1. The minimum Gasteiger partial charge on any atom is -0.241 e. The van der Waals surface area contributed by atoms with Crippen LogP contribution >= 0.6 is 11.3 Å². The van der Waals surface area contributed by atoms with E-state index in [-0.39, 0.29) is 5.82 Å². The summed E-state index contributed by atoms with van der Waals surface area (Å²) in [5, 5.41) is 2.68. The van der Waals surface area contributed by atoms with E-state index >= 15 is 0 Å². The highest BCUT2D eigenvalue weighted by Gasteiger charge is 2.07. The van der Waals surface area contributed by atoms with E-state index in [4.69, 9.17) is 0 Å². The lowest BCUT2D eigenvalue weighted by Gasteiger charge is -1.99. The minimum atomic E-state index is -0.195. The molecule has 72 valence electrons. The zero-order valence-electron chi connectivity index (χ0n) is 8.04. The Kier molecular flexibility index (Phi) is 2.33. The number of nitrogens with zero attached hydrogens (tertiary/aromatic N) is 1. The van der Waals surface area contributed by atoms with E-state index < -0.39 is 0 Å². The van der Waals surface area contributed by atoms with Gasteiger partial charge >= 0.3 is 0 Å². The van der Waals surface area contributed by atoms with E-state index in [1.165, 1.54) is 17.4 Å². The van der Waals surface area contributed by atoms with E-state index in [0.717, 1.165) is 16.3 Å². The second-order valence-electron chi connectivity index (χ2n) is 3.28. The number of aryl methyl sites for hydroxylation is 2. The molecule has 0 bridgehead atoms. The first-order chi connectivity index (χ1) is 6.66. The summed E-state index contributed by atoms with van der Waals surface area (Å²) < 4.78 is 13.5. The molecular formula is C11H10FNS. The maximum absolute atomic E-state index is 13.5. The number of hydrogen-bond donors (Lipinski definition) is 0. The molecule has 0 N–H and O–H groups in total. The van der Waals surface area contributed by atoms with Gasteiger partial charge in [0.1, 0.15) is 10.8 Å². The summed E-state index contributed by atoms with van der Waals surface area (Å²) in [6.45, 7) is 3.78. The van der Waals surface area contributed by atoms with Gasteiger partial charge in [0.15, 0.2) is 0 Å². The van der Waals surface area contributed by atoms with E-state index in [2.05, 4.69) is 4.98 Å². The molecule has 0 fully saturated rings. The Balaban J connectivity index is 2.52. The second-order valence-corrected chi connectivity index (χ2v) is 4.14. The van der Waals surface area contributed by atoms with Gasteiger partial charge in [-0.25, -0.2) is 9.37 Å². The van der Waals surface area contributed by atoms with Gasteiger partial charge in [-0.3, -0.25) is 0 Å². The number of halogens is 1. The maximum Gasteiger partial charge on any atom is 0.133 e. The number of hydrogen-bond acceptors (Lipinski definition) is 2. The van der Waals surface area contributed by atoms with Gasteiger partial charge in [-0.2, -0.15) is 0 Å². The van der Waals surface area contributed by atoms with Crippen LogP contribution in [0, 0.1) is 19.7 Å². The molecule has 0 saturated carbocycles. The van der Waals surface area contributed by atoms with Crippen molar-refractivity contribution >= 4 is 11.3 Å². The van der Waals surface area contributed by atoms with Crippen molar-refractivity contribution in [1.82, 2.24) is 4.98 Å². The average Bonchev–Trinajstić information content (AvgIpc) is 2.51. The lowest BCUT2D eigenvalue weighted by molar-refractivity contribution is 0.630. The van der Waals surface area contributed by atoms with Crippen LogP contribution in [-0.4, -0.2) is 4.98 Å². The molecule has 2 aromatic rings. The van der Waals surface area contributed by atoms with Crippen LogP contribution in [0.25, 0.3) is 10.6 Å². The lowest BCUT2D eigenvalue weighted by atomic mass is 10.1. The predicted octanol–water partition coefficient (Wildman–Crippen LogP) is 3.57. The summed E-state index contributed by atoms with van der Waals surface area (Å²) in [6.07, 6.45) is 0. The van der Waals surface area contributed by atoms with E-state index in [9.17, 15) is 4.39 Å². The molecular weight excluding hydrogens is 197 g/mol. The molecule has 0 atom stereocenters. The molecule has 14 heavy (non-hydrogen) atoms. The summed E-state index contributed by atoms with van der Waals surface area (Å²) in [7, 11) is 0. The van der Waals surface area contributed by atoms with Crippen LogP contribution in [0.2, 0.25) is 0 Å². The van der Waals surface area contributed by atoms with Crippen molar-refractivity contribution in [2.45, 2.75) is 13.8 Å². The lowest BCUT2D eigenvalue weighted by Crippen LogP contribution is -1.84. The molecule has 0 aliphatic rings. The summed E-state index contributed by atoms with van der Waals surface area (Å²) in [4.78, 5) is 4.25. The highest BCUT2D eigenvalue weighted by atomic mass is 32.1. The smallest absolute Gasteiger partial charge is 0.133 e. The largest absolute Gasteiger partial charge is 0.241 e. The highest BCUT2D eigenvalue weighted by Crippen LogP contribution is 2.26. The minimum absolute atomic E-state index is 0.195. The van der Waals surface area contributed by atoms with Gasteiger partial charge in [-0.05, 0) is 31.5 Å². The predicted molar refractivity (Wildman–Crippen MR) is 57.0 cm³/mol. The third-order valence-electron chi connectivity index (χ3n) is 1.97. The van der Waals surface area contributed by atoms with Crippen molar-refractivity contribution in [3.8, 4) is 10.6 Å². The van der Waals surface area contributed by atoms with Gasteiger partial charge in [0.05, 0.1) is 0 Å². The quantitative estimate of drug-likeness (QED) is 0.696. The van der Waals surface area contributed by atoms with Crippen LogP contribution in [0.3, 0.4) is 0 Å². The second kappa shape index (κ2) is 3.50. The van der Waals surface area contributed by atoms with Crippen molar-refractivity contribution in [2.24, 2.45) is 0 Å². The number of benzene rings is 1. The van der Waals surface area contributed by atoms with Gasteiger partial charge in [-0.15, -0.1) is 11.3 Å². The summed E-state index contributed by atoms with van der Waals surface area (Å²) >= 11 is 1.47. The maximum atomic E-state index is 13.5. The number of rotatable bonds is 1. The van der Waals surface area contributed by atoms with E-state index in [0.29, 0.717) is 5.56 Å². The molecule has 0 saturated heterocycles. The van der Waals surface area contributed by atoms with Crippen LogP contribution in [-0.2, 0) is 0 Å². The topological polar surface area (TPSA) is 12.9 Å². The molecule has 0 aliphatic heterocycles. The molecule has 1 heterocycles. The van der Waals surface area contributed by atoms with E-state index in [1.807, 2.05) is 25.3 Å². The monoisotopic (exact) mass is 207 g/mol. The Morgan fingerprint density at radius 1 is 1.29 bits per heavy atom. The van der Waals surface area contributed by atoms with Crippen LogP contribution in [0.1, 0.15) is 11.3 Å². The van der Waals surface area contributed by atoms with Gasteiger partial charge in [0.2, 0.25) is 0 Å². The van der Waals surface area contributed by atoms with Crippen molar-refractivity contribution < 1.29 is 4.39 Å². The zero-order valence-corrected chi connectivity index (χ0v) is 8.86. The molecule has 1 aromatic heterocycles. The molecule has 2 rings (SSSR count). The molecule has 3 heteroatoms. The third kappa shape index (κ3) is 1.68. The average molecular weight is 207 g/mol. The molecule has 0 unspecified atom stereocenters. The number of thiazole rings is 1. The van der Waals surface area contributed by atoms with Gasteiger partial charge in [0.25, 0.3) is 0 Å². The van der Waals surface area contributed by atoms with E-state index in [1.54, 1.807) is 6.07 Å². The van der Waals surface area contributed by atoms with Gasteiger partial charge in [-0.1, -0.05) is 6.07 Å². The Morgan fingerprint density at radius 3 is 2.64 bits per heavy atom. The fourth-order valence-corrected chi connectivity index (χ4v) is 2.10. The SMILES string of the molecule is Cc1ccc(-c2nc(C)cs2)c(F)c1. The summed E-state index contributed by atoms with van der Waals surface area (Å²) in [6, 6.07) is 5.21. The van der Waals surface area contributed by atoms with Crippen molar-refractivity contribution in [1.29, 1.82) is 0 Å². The highest BCUT2D eigenvalue weighted by molar-refractivity contribution is 7.13. The molecule has 0 radical (unpaired) electrons. The first-order valence-electron chi connectivity index (χ1n) is 4.35. The Labute approximate surface area is 86.2 Å². The molecule has 1 aromatic carbocycles. The molecule has 0 amide bonds. The summed E-state index contributed by atoms with van der Waals surface area (Å²) in [5.74, 6) is -0.195. The molecule has 1 nitrogen and oxygen atoms in total. The van der Waals surface area contributed by atoms with Crippen LogP contribution in [0.15, 0.2) is 23.6 Å². The third-order valence-corrected chi connectivity index (χ3v) is 2.97. The standard InChI is InChI=1S/C11H10FNS/c1-7-3-4-9(10(12)5-7)11-13-8(2)6-14-11/h3-6H,1-2H3. The van der Waals surface area contributed by atoms with Crippen molar-refractivity contribution in [2.75, 3.05) is 0 Å². The summed E-state index contributed by atoms with van der Waals surface area (Å²) in [5.41, 5.74) is 2.46. The Morgan fingerprint density at radius 2 is 2.07 bits per heavy atom. The number of aromatic nitrogens is 1. The first-order valence-corrected chi connectivity index (χ1v) is 5.23. The van der Waals surface area contributed by atoms with Crippen LogP contribution in [0.5, 0.6) is 0 Å². The Bertz CT molecular complexity index is 462. The van der Waals surface area contributed by atoms with Crippen LogP contribution in [0.4, 0.5) is 4.39 Å². The normalized spacial score (nSPS) is 10.5. The fraction of sp³-hybridized carbons (Fsp3) is 0.182. The van der Waals surface area contributed by atoms with Crippen molar-refractivity contribution in [3.05, 3.63) is 40.7 Å². The fourth-order valence-electron chi connectivity index (χ4n) is 1.27. The van der Waals surface area contributed by atoms with Gasteiger partial charge < -0.3 is 0 Å². The molecule has 0 aliphatic carbocycles. The van der Waals surface area contributed by atoms with Gasteiger partial charge in [0, 0.05) is 16.6 Å².